The maximum atomic E-state index is 11.0. The fraction of sp³-hybridized carbons (Fsp3) is 0.375. The standard InChI is InChI=1S/C8H9Cl2NO2S/c1-13-8(12)5(11)2-4-3-6(9)14-7(4)10/h3,5H,2,11H2,1H3. The number of ether oxygens (including phenoxy) is 1. The van der Waals surface area contributed by atoms with Crippen LogP contribution >= 0.6 is 34.5 Å². The summed E-state index contributed by atoms with van der Waals surface area (Å²) in [7, 11) is 1.30. The lowest BCUT2D eigenvalue weighted by Crippen LogP contribution is -2.33. The third-order valence-corrected chi connectivity index (χ3v) is 3.24. The van der Waals surface area contributed by atoms with Crippen molar-refractivity contribution in [2.75, 3.05) is 7.11 Å². The van der Waals surface area contributed by atoms with E-state index < -0.39 is 12.0 Å². The minimum absolute atomic E-state index is 0.342. The number of halogens is 2. The van der Waals surface area contributed by atoms with E-state index in [2.05, 4.69) is 4.74 Å². The molecule has 14 heavy (non-hydrogen) atoms. The zero-order valence-corrected chi connectivity index (χ0v) is 9.75. The van der Waals surface area contributed by atoms with Gasteiger partial charge in [0.15, 0.2) is 0 Å². The molecule has 2 N–H and O–H groups in total. The second-order valence-electron chi connectivity index (χ2n) is 2.68. The Kier molecular flexibility index (Phi) is 4.19. The smallest absolute Gasteiger partial charge is 0.322 e. The Morgan fingerprint density at radius 2 is 2.36 bits per heavy atom. The topological polar surface area (TPSA) is 52.3 Å². The summed E-state index contributed by atoms with van der Waals surface area (Å²) < 4.78 is 5.64. The fourth-order valence-electron chi connectivity index (χ4n) is 0.985. The molecular weight excluding hydrogens is 245 g/mol. The molecule has 0 spiro atoms. The highest BCUT2D eigenvalue weighted by atomic mass is 35.5. The predicted molar refractivity (Wildman–Crippen MR) is 58.0 cm³/mol. The highest BCUT2D eigenvalue weighted by Crippen LogP contribution is 2.31. The van der Waals surface area contributed by atoms with Crippen molar-refractivity contribution in [2.24, 2.45) is 5.73 Å². The summed E-state index contributed by atoms with van der Waals surface area (Å²) in [6, 6.07) is 1.01. The second kappa shape index (κ2) is 4.98. The molecule has 78 valence electrons. The van der Waals surface area contributed by atoms with Gasteiger partial charge >= 0.3 is 5.97 Å². The van der Waals surface area contributed by atoms with Gasteiger partial charge in [0.2, 0.25) is 0 Å². The molecule has 0 radical (unpaired) electrons. The van der Waals surface area contributed by atoms with Gasteiger partial charge in [0, 0.05) is 6.42 Å². The molecule has 0 aliphatic carbocycles. The van der Waals surface area contributed by atoms with E-state index in [9.17, 15) is 4.79 Å². The van der Waals surface area contributed by atoms with Crippen LogP contribution in [-0.4, -0.2) is 19.1 Å². The van der Waals surface area contributed by atoms with Crippen LogP contribution in [-0.2, 0) is 16.0 Å². The van der Waals surface area contributed by atoms with E-state index in [1.165, 1.54) is 18.4 Å². The van der Waals surface area contributed by atoms with Crippen molar-refractivity contribution in [3.05, 3.63) is 20.3 Å². The number of hydrogen-bond donors (Lipinski definition) is 1. The number of rotatable bonds is 3. The van der Waals surface area contributed by atoms with Crippen molar-refractivity contribution >= 4 is 40.5 Å². The zero-order valence-electron chi connectivity index (χ0n) is 7.42. The van der Waals surface area contributed by atoms with Gasteiger partial charge in [0.25, 0.3) is 0 Å². The first-order valence-corrected chi connectivity index (χ1v) is 5.39. The van der Waals surface area contributed by atoms with E-state index in [1.807, 2.05) is 0 Å². The van der Waals surface area contributed by atoms with Gasteiger partial charge in [-0.3, -0.25) is 4.79 Å². The summed E-state index contributed by atoms with van der Waals surface area (Å²) in [5.41, 5.74) is 6.34. The molecule has 0 bridgehead atoms. The van der Waals surface area contributed by atoms with Crippen LogP contribution in [0, 0.1) is 0 Å². The number of methoxy groups -OCH3 is 1. The molecule has 0 saturated heterocycles. The van der Waals surface area contributed by atoms with Crippen molar-refractivity contribution < 1.29 is 9.53 Å². The molecule has 0 aliphatic heterocycles. The molecule has 3 nitrogen and oxygen atoms in total. The van der Waals surface area contributed by atoms with E-state index in [1.54, 1.807) is 6.07 Å². The second-order valence-corrected chi connectivity index (χ2v) is 4.97. The fourth-order valence-corrected chi connectivity index (χ4v) is 2.49. The Morgan fingerprint density at radius 3 is 2.79 bits per heavy atom. The lowest BCUT2D eigenvalue weighted by molar-refractivity contribution is -0.142. The third-order valence-electron chi connectivity index (χ3n) is 1.67. The van der Waals surface area contributed by atoms with Crippen molar-refractivity contribution in [1.29, 1.82) is 0 Å². The van der Waals surface area contributed by atoms with Crippen LogP contribution in [0.5, 0.6) is 0 Å². The van der Waals surface area contributed by atoms with Gasteiger partial charge in [-0.15, -0.1) is 11.3 Å². The minimum Gasteiger partial charge on any atom is -0.468 e. The van der Waals surface area contributed by atoms with E-state index in [-0.39, 0.29) is 0 Å². The first kappa shape index (κ1) is 11.8. The van der Waals surface area contributed by atoms with E-state index >= 15 is 0 Å². The van der Waals surface area contributed by atoms with Gasteiger partial charge in [-0.1, -0.05) is 23.2 Å². The quantitative estimate of drug-likeness (QED) is 0.840. The summed E-state index contributed by atoms with van der Waals surface area (Å²) in [5, 5.41) is 0. The summed E-state index contributed by atoms with van der Waals surface area (Å²) >= 11 is 12.9. The highest BCUT2D eigenvalue weighted by molar-refractivity contribution is 7.20. The van der Waals surface area contributed by atoms with Gasteiger partial charge < -0.3 is 10.5 Å². The Morgan fingerprint density at radius 1 is 1.71 bits per heavy atom. The van der Waals surface area contributed by atoms with Crippen molar-refractivity contribution in [1.82, 2.24) is 0 Å². The predicted octanol–water partition coefficient (Wildman–Crippen LogP) is 2.10. The van der Waals surface area contributed by atoms with E-state index in [0.29, 0.717) is 15.1 Å². The molecule has 1 heterocycles. The van der Waals surface area contributed by atoms with Gasteiger partial charge in [-0.2, -0.15) is 0 Å². The molecule has 6 heteroatoms. The molecule has 0 amide bonds. The zero-order chi connectivity index (χ0) is 10.7. The van der Waals surface area contributed by atoms with Crippen LogP contribution in [0.15, 0.2) is 6.07 Å². The molecule has 1 atom stereocenters. The average molecular weight is 254 g/mol. The summed E-state index contributed by atoms with van der Waals surface area (Å²) in [4.78, 5) is 11.0. The maximum absolute atomic E-state index is 11.0. The average Bonchev–Trinajstić information content (AvgIpc) is 2.44. The van der Waals surface area contributed by atoms with E-state index in [0.717, 1.165) is 5.56 Å². The number of esters is 1. The lowest BCUT2D eigenvalue weighted by Gasteiger charge is -2.07. The number of carbonyl (C=O) groups is 1. The molecule has 0 fully saturated rings. The Bertz CT molecular complexity index is 340. The minimum atomic E-state index is -0.692. The first-order chi connectivity index (χ1) is 6.54. The molecule has 1 aromatic heterocycles. The van der Waals surface area contributed by atoms with Crippen molar-refractivity contribution in [3.63, 3.8) is 0 Å². The molecular formula is C8H9Cl2NO2S. The first-order valence-electron chi connectivity index (χ1n) is 3.81. The summed E-state index contributed by atoms with van der Waals surface area (Å²) in [6.45, 7) is 0. The normalized spacial score (nSPS) is 12.6. The largest absolute Gasteiger partial charge is 0.468 e. The highest BCUT2D eigenvalue weighted by Gasteiger charge is 2.17. The van der Waals surface area contributed by atoms with Gasteiger partial charge in [0.05, 0.1) is 15.8 Å². The van der Waals surface area contributed by atoms with Gasteiger partial charge in [-0.25, -0.2) is 0 Å². The molecule has 1 rings (SSSR count). The van der Waals surface area contributed by atoms with Gasteiger partial charge in [-0.05, 0) is 11.6 Å². The van der Waals surface area contributed by atoms with E-state index in [4.69, 9.17) is 28.9 Å². The molecule has 0 aromatic carbocycles. The van der Waals surface area contributed by atoms with Gasteiger partial charge in [0.1, 0.15) is 6.04 Å². The molecule has 1 unspecified atom stereocenters. The lowest BCUT2D eigenvalue weighted by atomic mass is 10.1. The summed E-state index contributed by atoms with van der Waals surface area (Å²) in [6.07, 6.45) is 0.342. The molecule has 1 aromatic rings. The number of hydrogen-bond acceptors (Lipinski definition) is 4. The van der Waals surface area contributed by atoms with Crippen molar-refractivity contribution in [2.45, 2.75) is 12.5 Å². The SMILES string of the molecule is COC(=O)C(N)Cc1cc(Cl)sc1Cl. The van der Waals surface area contributed by atoms with Crippen LogP contribution in [0.3, 0.4) is 0 Å². The Hall–Kier alpha value is -0.290. The molecule has 0 saturated carbocycles. The van der Waals surface area contributed by atoms with Crippen molar-refractivity contribution in [3.8, 4) is 0 Å². The van der Waals surface area contributed by atoms with Crippen LogP contribution in [0.1, 0.15) is 5.56 Å². The third kappa shape index (κ3) is 2.85. The Balaban J connectivity index is 2.69. The number of thiophene rings is 1. The Labute approximate surface area is 95.8 Å². The van der Waals surface area contributed by atoms with Crippen LogP contribution in [0.2, 0.25) is 8.67 Å². The number of carbonyl (C=O) groups excluding carboxylic acids is 1. The molecule has 0 aliphatic rings. The summed E-state index contributed by atoms with van der Waals surface area (Å²) in [5.74, 6) is -0.455. The van der Waals surface area contributed by atoms with Crippen LogP contribution in [0.25, 0.3) is 0 Å². The van der Waals surface area contributed by atoms with Crippen LogP contribution < -0.4 is 5.73 Å². The monoisotopic (exact) mass is 253 g/mol. The van der Waals surface area contributed by atoms with Crippen LogP contribution in [0.4, 0.5) is 0 Å². The number of nitrogens with two attached hydrogens (primary N) is 1. The maximum Gasteiger partial charge on any atom is 0.322 e.